The Labute approximate surface area is 196 Å². The van der Waals surface area contributed by atoms with Gasteiger partial charge in [-0.25, -0.2) is 4.98 Å². The highest BCUT2D eigenvalue weighted by atomic mass is 32.2. The Morgan fingerprint density at radius 1 is 1.03 bits per heavy atom. The molecular weight excluding hydrogens is 434 g/mol. The van der Waals surface area contributed by atoms with Crippen LogP contribution in [-0.4, -0.2) is 31.0 Å². The number of carbonyl (C=O) groups excluding carboxylic acids is 1. The van der Waals surface area contributed by atoms with Gasteiger partial charge in [0.05, 0.1) is 11.9 Å². The molecule has 2 aromatic heterocycles. The fourth-order valence-electron chi connectivity index (χ4n) is 3.53. The number of aryl methyl sites for hydroxylation is 3. The maximum absolute atomic E-state index is 13.2. The van der Waals surface area contributed by atoms with E-state index in [1.807, 2.05) is 61.5 Å². The lowest BCUT2D eigenvalue weighted by Crippen LogP contribution is -2.25. The smallest absolute Gasteiger partial charge is 0.282 e. The molecule has 0 atom stereocenters. The van der Waals surface area contributed by atoms with E-state index in [1.54, 1.807) is 15.4 Å². The van der Waals surface area contributed by atoms with Crippen molar-refractivity contribution in [2.24, 2.45) is 0 Å². The van der Waals surface area contributed by atoms with E-state index in [9.17, 15) is 9.59 Å². The summed E-state index contributed by atoms with van der Waals surface area (Å²) in [5.74, 6) is 0.0123. The Bertz CT molecular complexity index is 1300. The van der Waals surface area contributed by atoms with E-state index in [-0.39, 0.29) is 17.2 Å². The summed E-state index contributed by atoms with van der Waals surface area (Å²) in [5.41, 5.74) is 3.83. The topological polar surface area (TPSA) is 81.8 Å². The van der Waals surface area contributed by atoms with E-state index >= 15 is 0 Å². The monoisotopic (exact) mass is 461 g/mol. The number of fused-ring (bicyclic) bond motifs is 1. The minimum Gasteiger partial charge on any atom is -0.325 e. The van der Waals surface area contributed by atoms with E-state index in [1.165, 1.54) is 17.3 Å². The van der Waals surface area contributed by atoms with Crippen molar-refractivity contribution >= 4 is 34.4 Å². The number of nitrogens with zero attached hydrogens (tertiary/aromatic N) is 4. The lowest BCUT2D eigenvalue weighted by molar-refractivity contribution is -0.113. The van der Waals surface area contributed by atoms with Crippen molar-refractivity contribution in [3.8, 4) is 0 Å². The van der Waals surface area contributed by atoms with Crippen LogP contribution in [0.5, 0.6) is 0 Å². The van der Waals surface area contributed by atoms with Crippen LogP contribution in [0.15, 0.2) is 70.7 Å². The summed E-state index contributed by atoms with van der Waals surface area (Å²) in [6.07, 6.45) is 3.41. The predicted molar refractivity (Wildman–Crippen MR) is 133 cm³/mol. The first kappa shape index (κ1) is 22.8. The SMILES string of the molecule is CCc1ccc(NC(=O)CSc2nc3cn(CC)nc3c(=O)n2CCc2ccccc2)cc1. The summed E-state index contributed by atoms with van der Waals surface area (Å²) < 4.78 is 3.35. The van der Waals surface area contributed by atoms with Crippen molar-refractivity contribution in [1.82, 2.24) is 19.3 Å². The molecule has 0 unspecified atom stereocenters. The van der Waals surface area contributed by atoms with Crippen LogP contribution in [0.3, 0.4) is 0 Å². The van der Waals surface area contributed by atoms with Gasteiger partial charge in [-0.05, 0) is 43.0 Å². The average Bonchev–Trinajstić information content (AvgIpc) is 3.27. The minimum absolute atomic E-state index is 0.141. The second-order valence-electron chi connectivity index (χ2n) is 7.69. The van der Waals surface area contributed by atoms with E-state index < -0.39 is 0 Å². The number of nitrogens with one attached hydrogen (secondary N) is 1. The molecule has 0 aliphatic rings. The molecule has 0 radical (unpaired) electrons. The molecule has 170 valence electrons. The molecule has 4 aromatic rings. The Morgan fingerprint density at radius 2 is 1.79 bits per heavy atom. The molecule has 7 nitrogen and oxygen atoms in total. The quantitative estimate of drug-likeness (QED) is 0.299. The molecule has 0 saturated heterocycles. The number of aromatic nitrogens is 4. The first-order chi connectivity index (χ1) is 16.1. The van der Waals surface area contributed by atoms with Crippen LogP contribution in [-0.2, 0) is 30.7 Å². The van der Waals surface area contributed by atoms with Crippen molar-refractivity contribution in [3.63, 3.8) is 0 Å². The average molecular weight is 462 g/mol. The highest BCUT2D eigenvalue weighted by Gasteiger charge is 2.16. The third kappa shape index (κ3) is 5.51. The molecule has 0 saturated carbocycles. The zero-order valence-corrected chi connectivity index (χ0v) is 19.6. The molecule has 0 aliphatic carbocycles. The fourth-order valence-corrected chi connectivity index (χ4v) is 4.35. The molecule has 0 fully saturated rings. The number of thioether (sulfide) groups is 1. The highest BCUT2D eigenvalue weighted by Crippen LogP contribution is 2.19. The van der Waals surface area contributed by atoms with E-state index in [4.69, 9.17) is 0 Å². The third-order valence-electron chi connectivity index (χ3n) is 5.41. The summed E-state index contributed by atoms with van der Waals surface area (Å²) in [6, 6.07) is 17.8. The van der Waals surface area contributed by atoms with Gasteiger partial charge in [0.2, 0.25) is 5.91 Å². The highest BCUT2D eigenvalue weighted by molar-refractivity contribution is 7.99. The molecule has 33 heavy (non-hydrogen) atoms. The zero-order valence-electron chi connectivity index (χ0n) is 18.8. The molecule has 2 aromatic carbocycles. The first-order valence-electron chi connectivity index (χ1n) is 11.1. The number of rotatable bonds is 9. The maximum atomic E-state index is 13.2. The first-order valence-corrected chi connectivity index (χ1v) is 12.1. The van der Waals surface area contributed by atoms with Crippen LogP contribution >= 0.6 is 11.8 Å². The molecule has 0 aliphatic heterocycles. The molecular formula is C25H27N5O2S. The number of hydrogen-bond acceptors (Lipinski definition) is 5. The molecule has 0 spiro atoms. The van der Waals surface area contributed by atoms with Gasteiger partial charge in [0, 0.05) is 18.8 Å². The van der Waals surface area contributed by atoms with Crippen LogP contribution in [0, 0.1) is 0 Å². The van der Waals surface area contributed by atoms with Crippen LogP contribution in [0.25, 0.3) is 11.0 Å². The second kappa shape index (κ2) is 10.5. The van der Waals surface area contributed by atoms with Gasteiger partial charge in [0.25, 0.3) is 5.56 Å². The molecule has 8 heteroatoms. The predicted octanol–water partition coefficient (Wildman–Crippen LogP) is 4.15. The Morgan fingerprint density at radius 3 is 2.48 bits per heavy atom. The number of carbonyl (C=O) groups is 1. The van der Waals surface area contributed by atoms with Crippen molar-refractivity contribution < 1.29 is 4.79 Å². The van der Waals surface area contributed by atoms with Gasteiger partial charge >= 0.3 is 0 Å². The van der Waals surface area contributed by atoms with E-state index in [2.05, 4.69) is 22.3 Å². The van der Waals surface area contributed by atoms with Gasteiger partial charge < -0.3 is 5.32 Å². The van der Waals surface area contributed by atoms with Gasteiger partial charge in [0.15, 0.2) is 10.7 Å². The number of hydrogen-bond donors (Lipinski definition) is 1. The maximum Gasteiger partial charge on any atom is 0.282 e. The van der Waals surface area contributed by atoms with Gasteiger partial charge in [-0.3, -0.25) is 18.8 Å². The third-order valence-corrected chi connectivity index (χ3v) is 6.38. The van der Waals surface area contributed by atoms with Crippen molar-refractivity contribution in [3.05, 3.63) is 82.3 Å². The van der Waals surface area contributed by atoms with Crippen LogP contribution < -0.4 is 10.9 Å². The van der Waals surface area contributed by atoms with Crippen LogP contribution in [0.1, 0.15) is 25.0 Å². The second-order valence-corrected chi connectivity index (χ2v) is 8.64. The van der Waals surface area contributed by atoms with E-state index in [0.29, 0.717) is 35.7 Å². The van der Waals surface area contributed by atoms with E-state index in [0.717, 1.165) is 17.7 Å². The lowest BCUT2D eigenvalue weighted by atomic mass is 10.1. The number of amides is 1. The summed E-state index contributed by atoms with van der Waals surface area (Å²) in [5, 5.41) is 7.82. The Kier molecular flexibility index (Phi) is 7.24. The summed E-state index contributed by atoms with van der Waals surface area (Å²) in [4.78, 5) is 30.5. The summed E-state index contributed by atoms with van der Waals surface area (Å²) >= 11 is 1.27. The molecule has 0 bridgehead atoms. The Balaban J connectivity index is 1.54. The summed E-state index contributed by atoms with van der Waals surface area (Å²) in [7, 11) is 0. The Hall–Kier alpha value is -3.39. The zero-order chi connectivity index (χ0) is 23.2. The molecule has 1 N–H and O–H groups in total. The van der Waals surface area contributed by atoms with Crippen molar-refractivity contribution in [1.29, 1.82) is 0 Å². The van der Waals surface area contributed by atoms with Gasteiger partial charge in [-0.2, -0.15) is 5.10 Å². The largest absolute Gasteiger partial charge is 0.325 e. The summed E-state index contributed by atoms with van der Waals surface area (Å²) in [6.45, 7) is 5.18. The molecule has 4 rings (SSSR count). The standard InChI is InChI=1S/C25H27N5O2S/c1-3-18-10-12-20(13-11-18)26-22(31)17-33-25-27-21-16-29(4-2)28-23(21)24(32)30(25)15-14-19-8-6-5-7-9-19/h5-13,16H,3-4,14-15,17H2,1-2H3,(H,26,31). The van der Waals surface area contributed by atoms with Crippen molar-refractivity contribution in [2.45, 2.75) is 44.9 Å². The lowest BCUT2D eigenvalue weighted by Gasteiger charge is -2.12. The fraction of sp³-hybridized carbons (Fsp3) is 0.280. The number of benzene rings is 2. The number of anilines is 1. The van der Waals surface area contributed by atoms with Crippen LogP contribution in [0.4, 0.5) is 5.69 Å². The van der Waals surface area contributed by atoms with Crippen molar-refractivity contribution in [2.75, 3.05) is 11.1 Å². The minimum atomic E-state index is -0.179. The molecule has 2 heterocycles. The van der Waals surface area contributed by atoms with Gasteiger partial charge in [0.1, 0.15) is 5.52 Å². The normalized spacial score (nSPS) is 11.1. The van der Waals surface area contributed by atoms with Gasteiger partial charge in [-0.15, -0.1) is 0 Å². The molecule has 1 amide bonds. The van der Waals surface area contributed by atoms with Gasteiger partial charge in [-0.1, -0.05) is 61.2 Å². The van der Waals surface area contributed by atoms with Crippen LogP contribution in [0.2, 0.25) is 0 Å².